The molecule has 10 heteroatoms. The van der Waals surface area contributed by atoms with Gasteiger partial charge >= 0.3 is 6.18 Å². The van der Waals surface area contributed by atoms with E-state index in [1.807, 2.05) is 5.32 Å². The third-order valence-corrected chi connectivity index (χ3v) is 6.08. The Bertz CT molecular complexity index is 806. The second kappa shape index (κ2) is 6.99. The molecule has 0 saturated heterocycles. The van der Waals surface area contributed by atoms with Crippen LogP contribution in [-0.4, -0.2) is 33.8 Å². The molecule has 0 spiro atoms. The van der Waals surface area contributed by atoms with Gasteiger partial charge in [-0.3, -0.25) is 4.79 Å². The van der Waals surface area contributed by atoms with E-state index in [0.29, 0.717) is 11.0 Å². The standard InChI is InChI=1S/C15H17F3N4OS2/c1-7(12(23)20-6-15(16,17)18)24-14-21-11(19)10-8-4-2-3-5-9(8)25-13(10)22-14/h7H,2-6H2,1H3,(H,20,23)(H2,19,21,22). The number of nitrogens with zero attached hydrogens (tertiary/aromatic N) is 2. The highest BCUT2D eigenvalue weighted by Crippen LogP contribution is 2.38. The van der Waals surface area contributed by atoms with Gasteiger partial charge in [-0.05, 0) is 38.2 Å². The second-order valence-corrected chi connectivity index (χ2v) is 8.27. The Hall–Kier alpha value is -1.55. The summed E-state index contributed by atoms with van der Waals surface area (Å²) in [5.41, 5.74) is 7.30. The molecule has 3 rings (SSSR count). The third-order valence-electron chi connectivity index (χ3n) is 3.94. The molecule has 25 heavy (non-hydrogen) atoms. The van der Waals surface area contributed by atoms with Crippen LogP contribution in [0.2, 0.25) is 0 Å². The van der Waals surface area contributed by atoms with Crippen LogP contribution in [0.1, 0.15) is 30.2 Å². The van der Waals surface area contributed by atoms with Crippen LogP contribution in [0, 0.1) is 0 Å². The Kier molecular flexibility index (Phi) is 5.10. The summed E-state index contributed by atoms with van der Waals surface area (Å²) >= 11 is 2.59. The van der Waals surface area contributed by atoms with E-state index in [4.69, 9.17) is 5.73 Å². The predicted octanol–water partition coefficient (Wildman–Crippen LogP) is 3.31. The van der Waals surface area contributed by atoms with Crippen LogP contribution in [0.25, 0.3) is 10.2 Å². The number of alkyl halides is 3. The van der Waals surface area contributed by atoms with Gasteiger partial charge < -0.3 is 11.1 Å². The first kappa shape index (κ1) is 18.2. The van der Waals surface area contributed by atoms with Gasteiger partial charge in [-0.25, -0.2) is 9.97 Å². The van der Waals surface area contributed by atoms with Gasteiger partial charge in [-0.1, -0.05) is 11.8 Å². The Labute approximate surface area is 150 Å². The normalized spacial score (nSPS) is 15.8. The number of thiophene rings is 1. The summed E-state index contributed by atoms with van der Waals surface area (Å²) in [4.78, 5) is 22.6. The molecule has 136 valence electrons. The molecule has 2 heterocycles. The summed E-state index contributed by atoms with van der Waals surface area (Å²) in [5.74, 6) is -0.343. The Morgan fingerprint density at radius 1 is 1.36 bits per heavy atom. The van der Waals surface area contributed by atoms with E-state index < -0.39 is 23.9 Å². The minimum absolute atomic E-state index is 0.304. The van der Waals surface area contributed by atoms with Crippen molar-refractivity contribution >= 4 is 45.0 Å². The molecular weight excluding hydrogens is 373 g/mol. The number of thioether (sulfide) groups is 1. The van der Waals surface area contributed by atoms with Crippen molar-refractivity contribution in [2.45, 2.75) is 49.2 Å². The number of halogens is 3. The number of amides is 1. The molecule has 0 bridgehead atoms. The molecule has 1 amide bonds. The number of aryl methyl sites for hydroxylation is 2. The van der Waals surface area contributed by atoms with Crippen LogP contribution in [0.3, 0.4) is 0 Å². The van der Waals surface area contributed by atoms with Crippen LogP contribution < -0.4 is 11.1 Å². The number of nitrogen functional groups attached to an aromatic ring is 1. The van der Waals surface area contributed by atoms with E-state index in [2.05, 4.69) is 9.97 Å². The van der Waals surface area contributed by atoms with Crippen LogP contribution in [0.15, 0.2) is 5.16 Å². The van der Waals surface area contributed by atoms with E-state index in [1.54, 1.807) is 11.3 Å². The summed E-state index contributed by atoms with van der Waals surface area (Å²) < 4.78 is 36.6. The van der Waals surface area contributed by atoms with Crippen molar-refractivity contribution in [3.63, 3.8) is 0 Å². The van der Waals surface area contributed by atoms with E-state index in [1.165, 1.54) is 17.4 Å². The fourth-order valence-corrected chi connectivity index (χ4v) is 4.89. The molecule has 0 aliphatic heterocycles. The first-order chi connectivity index (χ1) is 11.7. The van der Waals surface area contributed by atoms with E-state index >= 15 is 0 Å². The Balaban J connectivity index is 1.77. The zero-order valence-electron chi connectivity index (χ0n) is 13.4. The van der Waals surface area contributed by atoms with Gasteiger partial charge in [0.05, 0.1) is 10.6 Å². The van der Waals surface area contributed by atoms with Gasteiger partial charge in [0.15, 0.2) is 5.16 Å². The van der Waals surface area contributed by atoms with Crippen molar-refractivity contribution in [2.75, 3.05) is 12.3 Å². The molecule has 1 aliphatic carbocycles. The highest BCUT2D eigenvalue weighted by Gasteiger charge is 2.29. The molecule has 0 radical (unpaired) electrons. The van der Waals surface area contributed by atoms with Crippen molar-refractivity contribution in [2.24, 2.45) is 0 Å². The van der Waals surface area contributed by atoms with E-state index in [-0.39, 0.29) is 0 Å². The average Bonchev–Trinajstić information content (AvgIpc) is 2.90. The fraction of sp³-hybridized carbons (Fsp3) is 0.533. The molecule has 3 N–H and O–H groups in total. The lowest BCUT2D eigenvalue weighted by Gasteiger charge is -2.13. The van der Waals surface area contributed by atoms with Gasteiger partial charge in [0.1, 0.15) is 17.2 Å². The van der Waals surface area contributed by atoms with Gasteiger partial charge in [0, 0.05) is 4.88 Å². The fourth-order valence-electron chi connectivity index (χ4n) is 2.76. The van der Waals surface area contributed by atoms with E-state index in [0.717, 1.165) is 47.7 Å². The van der Waals surface area contributed by atoms with Crippen molar-refractivity contribution in [1.29, 1.82) is 0 Å². The number of aromatic nitrogens is 2. The summed E-state index contributed by atoms with van der Waals surface area (Å²) in [6, 6.07) is 0. The number of hydrogen-bond donors (Lipinski definition) is 2. The molecule has 2 aromatic heterocycles. The monoisotopic (exact) mass is 390 g/mol. The third kappa shape index (κ3) is 4.17. The molecule has 2 aromatic rings. The van der Waals surface area contributed by atoms with Crippen molar-refractivity contribution in [3.8, 4) is 0 Å². The number of carbonyl (C=O) groups excluding carboxylic acids is 1. The summed E-state index contributed by atoms with van der Waals surface area (Å²) in [6.45, 7) is 0.163. The minimum Gasteiger partial charge on any atom is -0.383 e. The molecule has 0 saturated carbocycles. The molecular formula is C15H17F3N4OS2. The van der Waals surface area contributed by atoms with Crippen molar-refractivity contribution in [3.05, 3.63) is 10.4 Å². The molecule has 1 unspecified atom stereocenters. The second-order valence-electron chi connectivity index (χ2n) is 5.88. The van der Waals surface area contributed by atoms with Gasteiger partial charge in [-0.15, -0.1) is 11.3 Å². The van der Waals surface area contributed by atoms with Crippen molar-refractivity contribution in [1.82, 2.24) is 15.3 Å². The summed E-state index contributed by atoms with van der Waals surface area (Å²) in [5, 5.41) is 2.30. The zero-order valence-corrected chi connectivity index (χ0v) is 15.1. The maximum Gasteiger partial charge on any atom is 0.405 e. The maximum atomic E-state index is 12.2. The number of nitrogens with two attached hydrogens (primary N) is 1. The number of fused-ring (bicyclic) bond motifs is 3. The molecule has 1 atom stereocenters. The van der Waals surface area contributed by atoms with Gasteiger partial charge in [0.25, 0.3) is 0 Å². The lowest BCUT2D eigenvalue weighted by atomic mass is 9.97. The highest BCUT2D eigenvalue weighted by molar-refractivity contribution is 8.00. The smallest absolute Gasteiger partial charge is 0.383 e. The van der Waals surface area contributed by atoms with Crippen LogP contribution in [-0.2, 0) is 17.6 Å². The number of nitrogens with one attached hydrogen (secondary N) is 1. The quantitative estimate of drug-likeness (QED) is 0.618. The zero-order chi connectivity index (χ0) is 18.2. The number of hydrogen-bond acceptors (Lipinski definition) is 6. The van der Waals surface area contributed by atoms with Gasteiger partial charge in [-0.2, -0.15) is 13.2 Å². The SMILES string of the molecule is CC(Sc1nc(N)c2c3c(sc2n1)CCCC3)C(=O)NCC(F)(F)F. The first-order valence-electron chi connectivity index (χ1n) is 7.83. The molecule has 0 aromatic carbocycles. The first-order valence-corrected chi connectivity index (χ1v) is 9.53. The lowest BCUT2D eigenvalue weighted by Crippen LogP contribution is -2.38. The largest absolute Gasteiger partial charge is 0.405 e. The number of carbonyl (C=O) groups is 1. The van der Waals surface area contributed by atoms with Crippen LogP contribution in [0.5, 0.6) is 0 Å². The summed E-state index contributed by atoms with van der Waals surface area (Å²) in [6.07, 6.45) is -0.202. The summed E-state index contributed by atoms with van der Waals surface area (Å²) in [7, 11) is 0. The number of rotatable bonds is 4. The Morgan fingerprint density at radius 2 is 2.08 bits per heavy atom. The average molecular weight is 390 g/mol. The van der Waals surface area contributed by atoms with Crippen LogP contribution >= 0.6 is 23.1 Å². The molecule has 1 aliphatic rings. The topological polar surface area (TPSA) is 80.9 Å². The Morgan fingerprint density at radius 3 is 2.80 bits per heavy atom. The molecule has 0 fully saturated rings. The molecule has 5 nitrogen and oxygen atoms in total. The predicted molar refractivity (Wildman–Crippen MR) is 92.9 cm³/mol. The van der Waals surface area contributed by atoms with Crippen molar-refractivity contribution < 1.29 is 18.0 Å². The maximum absolute atomic E-state index is 12.2. The van der Waals surface area contributed by atoms with Crippen LogP contribution in [0.4, 0.5) is 19.0 Å². The number of anilines is 1. The van der Waals surface area contributed by atoms with Gasteiger partial charge in [0.2, 0.25) is 5.91 Å². The van der Waals surface area contributed by atoms with E-state index in [9.17, 15) is 18.0 Å². The highest BCUT2D eigenvalue weighted by atomic mass is 32.2. The lowest BCUT2D eigenvalue weighted by molar-refractivity contribution is -0.137. The minimum atomic E-state index is -4.43.